The van der Waals surface area contributed by atoms with Gasteiger partial charge in [-0.15, -0.1) is 0 Å². The maximum atomic E-state index is 12.4. The molecule has 136 valence electrons. The number of rotatable bonds is 5. The van der Waals surface area contributed by atoms with E-state index in [4.69, 9.17) is 4.98 Å². The highest BCUT2D eigenvalue weighted by Gasteiger charge is 2.31. The molecule has 0 radical (unpaired) electrons. The molecule has 7 nitrogen and oxygen atoms in total. The topological polar surface area (TPSA) is 71.3 Å². The maximum absolute atomic E-state index is 12.4. The van der Waals surface area contributed by atoms with Crippen LogP contribution in [-0.4, -0.2) is 59.0 Å². The van der Waals surface area contributed by atoms with Crippen molar-refractivity contribution in [3.8, 4) is 11.4 Å². The molecular formula is C17H25N5O2S. The smallest absolute Gasteiger partial charge is 0.264 e. The van der Waals surface area contributed by atoms with Crippen molar-refractivity contribution in [3.63, 3.8) is 0 Å². The van der Waals surface area contributed by atoms with Crippen LogP contribution in [-0.2, 0) is 16.8 Å². The summed E-state index contributed by atoms with van der Waals surface area (Å²) in [6.07, 6.45) is 3.57. The maximum Gasteiger partial charge on any atom is 0.281 e. The highest BCUT2D eigenvalue weighted by atomic mass is 32.2. The second-order valence-corrected chi connectivity index (χ2v) is 8.61. The first-order valence-electron chi connectivity index (χ1n) is 8.60. The monoisotopic (exact) mass is 363 g/mol. The van der Waals surface area contributed by atoms with Crippen molar-refractivity contribution in [1.29, 1.82) is 0 Å². The molecule has 1 fully saturated rings. The summed E-state index contributed by atoms with van der Waals surface area (Å²) in [4.78, 5) is 4.81. The van der Waals surface area contributed by atoms with Gasteiger partial charge in [-0.1, -0.05) is 6.07 Å². The van der Waals surface area contributed by atoms with Crippen molar-refractivity contribution in [2.24, 2.45) is 0 Å². The molecule has 3 rings (SSSR count). The largest absolute Gasteiger partial charge is 0.281 e. The minimum absolute atomic E-state index is 0.112. The highest BCUT2D eigenvalue weighted by Crippen LogP contribution is 2.29. The van der Waals surface area contributed by atoms with Gasteiger partial charge in [-0.3, -0.25) is 9.67 Å². The van der Waals surface area contributed by atoms with E-state index in [1.54, 1.807) is 24.6 Å². The van der Waals surface area contributed by atoms with Gasteiger partial charge in [0.1, 0.15) is 0 Å². The molecule has 8 heteroatoms. The van der Waals surface area contributed by atoms with E-state index in [9.17, 15) is 8.42 Å². The summed E-state index contributed by atoms with van der Waals surface area (Å²) in [7, 11) is -0.234. The first-order valence-corrected chi connectivity index (χ1v) is 10.00. The van der Waals surface area contributed by atoms with Crippen LogP contribution in [0, 0.1) is 0 Å². The lowest BCUT2D eigenvalue weighted by Gasteiger charge is -2.33. The van der Waals surface area contributed by atoms with Crippen molar-refractivity contribution in [2.75, 3.05) is 27.2 Å². The van der Waals surface area contributed by atoms with E-state index in [1.165, 1.54) is 4.31 Å². The predicted molar refractivity (Wildman–Crippen MR) is 97.3 cm³/mol. The zero-order valence-electron chi connectivity index (χ0n) is 15.0. The van der Waals surface area contributed by atoms with Gasteiger partial charge in [0, 0.05) is 51.5 Å². The van der Waals surface area contributed by atoms with Crippen molar-refractivity contribution in [1.82, 2.24) is 23.4 Å². The van der Waals surface area contributed by atoms with Crippen molar-refractivity contribution in [2.45, 2.75) is 32.2 Å². The van der Waals surface area contributed by atoms with E-state index >= 15 is 0 Å². The first kappa shape index (κ1) is 18.0. The van der Waals surface area contributed by atoms with E-state index in [2.05, 4.69) is 5.10 Å². The molecule has 0 bridgehead atoms. The van der Waals surface area contributed by atoms with E-state index in [0.717, 1.165) is 36.5 Å². The van der Waals surface area contributed by atoms with Crippen LogP contribution < -0.4 is 0 Å². The molecule has 3 heterocycles. The Hall–Kier alpha value is -1.77. The second kappa shape index (κ2) is 7.23. The SMILES string of the molecule is CCn1nccc1-c1cccc(C2CCCN(S(=O)(=O)N(C)C)C2)n1. The molecular weight excluding hydrogens is 338 g/mol. The number of nitrogens with zero attached hydrogens (tertiary/aromatic N) is 5. The lowest BCUT2D eigenvalue weighted by molar-refractivity contribution is 0.296. The van der Waals surface area contributed by atoms with Crippen LogP contribution >= 0.6 is 0 Å². The average Bonchev–Trinajstić information content (AvgIpc) is 3.10. The molecule has 2 aromatic rings. The Morgan fingerprint density at radius 1 is 1.28 bits per heavy atom. The number of hydrogen-bond acceptors (Lipinski definition) is 4. The van der Waals surface area contributed by atoms with Crippen LogP contribution in [0.3, 0.4) is 0 Å². The van der Waals surface area contributed by atoms with Crippen LogP contribution in [0.2, 0.25) is 0 Å². The standard InChI is InChI=1S/C17H25N5O2S/c1-4-22-17(10-11-18-22)16-9-5-8-15(19-16)14-7-6-12-21(13-14)25(23,24)20(2)3/h5,8-11,14H,4,6-7,12-13H2,1-3H3. The van der Waals surface area contributed by atoms with Crippen molar-refractivity contribution in [3.05, 3.63) is 36.2 Å². The zero-order valence-corrected chi connectivity index (χ0v) is 15.8. The number of piperidine rings is 1. The number of aryl methyl sites for hydroxylation is 1. The molecule has 0 N–H and O–H groups in total. The van der Waals surface area contributed by atoms with Crippen LogP contribution in [0.1, 0.15) is 31.4 Å². The molecule has 1 aliphatic rings. The van der Waals surface area contributed by atoms with Gasteiger partial charge in [-0.05, 0) is 38.0 Å². The van der Waals surface area contributed by atoms with E-state index < -0.39 is 10.2 Å². The minimum atomic E-state index is -3.38. The molecule has 0 saturated carbocycles. The second-order valence-electron chi connectivity index (χ2n) is 6.47. The molecule has 0 amide bonds. The number of aromatic nitrogens is 3. The lowest BCUT2D eigenvalue weighted by Crippen LogP contribution is -2.45. The Labute approximate surface area is 149 Å². The Morgan fingerprint density at radius 2 is 2.08 bits per heavy atom. The van der Waals surface area contributed by atoms with Crippen LogP contribution in [0.25, 0.3) is 11.4 Å². The Morgan fingerprint density at radius 3 is 2.80 bits per heavy atom. The summed E-state index contributed by atoms with van der Waals surface area (Å²) in [5.74, 6) is 0.112. The molecule has 1 saturated heterocycles. The molecule has 1 atom stereocenters. The Bertz CT molecular complexity index is 831. The zero-order chi connectivity index (χ0) is 18.0. The quantitative estimate of drug-likeness (QED) is 0.814. The molecule has 2 aromatic heterocycles. The fourth-order valence-electron chi connectivity index (χ4n) is 3.25. The fraction of sp³-hybridized carbons (Fsp3) is 0.529. The normalized spacial score (nSPS) is 19.4. The molecule has 0 spiro atoms. The summed E-state index contributed by atoms with van der Waals surface area (Å²) >= 11 is 0. The third-order valence-electron chi connectivity index (χ3n) is 4.64. The van der Waals surface area contributed by atoms with Crippen LogP contribution in [0.4, 0.5) is 0 Å². The van der Waals surface area contributed by atoms with Crippen molar-refractivity contribution >= 4 is 10.2 Å². The highest BCUT2D eigenvalue weighted by molar-refractivity contribution is 7.86. The molecule has 1 unspecified atom stereocenters. The summed E-state index contributed by atoms with van der Waals surface area (Å²) in [5, 5.41) is 4.30. The lowest BCUT2D eigenvalue weighted by atomic mass is 9.95. The van der Waals surface area contributed by atoms with Crippen LogP contribution in [0.5, 0.6) is 0 Å². The minimum Gasteiger partial charge on any atom is -0.264 e. The molecule has 0 aromatic carbocycles. The molecule has 0 aliphatic carbocycles. The first-order chi connectivity index (χ1) is 11.9. The number of hydrogen-bond donors (Lipinski definition) is 0. The van der Waals surface area contributed by atoms with Crippen LogP contribution in [0.15, 0.2) is 30.5 Å². The van der Waals surface area contributed by atoms with E-state index in [-0.39, 0.29) is 5.92 Å². The van der Waals surface area contributed by atoms with Gasteiger partial charge < -0.3 is 0 Å². The van der Waals surface area contributed by atoms with Gasteiger partial charge in [-0.2, -0.15) is 22.1 Å². The van der Waals surface area contributed by atoms with E-state index in [0.29, 0.717) is 13.1 Å². The van der Waals surface area contributed by atoms with Gasteiger partial charge in [0.05, 0.1) is 11.4 Å². The van der Waals surface area contributed by atoms with E-state index in [1.807, 2.05) is 35.9 Å². The van der Waals surface area contributed by atoms with Crippen molar-refractivity contribution < 1.29 is 8.42 Å². The Kier molecular flexibility index (Phi) is 5.21. The third-order valence-corrected chi connectivity index (χ3v) is 6.55. The van der Waals surface area contributed by atoms with Gasteiger partial charge in [0.25, 0.3) is 10.2 Å². The average molecular weight is 363 g/mol. The predicted octanol–water partition coefficient (Wildman–Crippen LogP) is 1.95. The molecule has 25 heavy (non-hydrogen) atoms. The van der Waals surface area contributed by atoms with Gasteiger partial charge in [0.2, 0.25) is 0 Å². The number of pyridine rings is 1. The summed E-state index contributed by atoms with van der Waals surface area (Å²) in [5.41, 5.74) is 2.81. The summed E-state index contributed by atoms with van der Waals surface area (Å²) < 4.78 is 29.6. The van der Waals surface area contributed by atoms with Gasteiger partial charge >= 0.3 is 0 Å². The van der Waals surface area contributed by atoms with Gasteiger partial charge in [0.15, 0.2) is 0 Å². The summed E-state index contributed by atoms with van der Waals surface area (Å²) in [6.45, 7) is 3.88. The summed E-state index contributed by atoms with van der Waals surface area (Å²) in [6, 6.07) is 7.92. The Balaban J connectivity index is 1.86. The van der Waals surface area contributed by atoms with Gasteiger partial charge in [-0.25, -0.2) is 0 Å². The third kappa shape index (κ3) is 3.61. The fourth-order valence-corrected chi connectivity index (χ4v) is 4.44. The molecule has 1 aliphatic heterocycles.